The maximum Gasteiger partial charge on any atom is 0.402 e. The van der Waals surface area contributed by atoms with Gasteiger partial charge in [0.05, 0.1) is 0 Å². The maximum absolute atomic E-state index is 11.9. The van der Waals surface area contributed by atoms with Gasteiger partial charge in [-0.25, -0.2) is 0 Å². The number of rotatable bonds is 7. The van der Waals surface area contributed by atoms with E-state index in [0.29, 0.717) is 6.42 Å². The summed E-state index contributed by atoms with van der Waals surface area (Å²) in [4.78, 5) is 0. The molecule has 1 unspecified atom stereocenters. The highest BCUT2D eigenvalue weighted by Gasteiger charge is 2.30. The lowest BCUT2D eigenvalue weighted by Gasteiger charge is -2.21. The van der Waals surface area contributed by atoms with Crippen molar-refractivity contribution >= 4 is 10.2 Å². The van der Waals surface area contributed by atoms with Crippen LogP contribution in [0.5, 0.6) is 0 Å². The minimum absolute atomic E-state index is 0.0759. The molecule has 0 aliphatic rings. The van der Waals surface area contributed by atoms with Gasteiger partial charge in [-0.15, -0.1) is 0 Å². The van der Waals surface area contributed by atoms with E-state index >= 15 is 0 Å². The quantitative estimate of drug-likeness (QED) is 0.724. The smallest absolute Gasteiger partial charge is 0.327 e. The van der Waals surface area contributed by atoms with Crippen LogP contribution in [-0.2, 0) is 10.2 Å². The Labute approximate surface area is 106 Å². The second-order valence-electron chi connectivity index (χ2n) is 4.46. The fraction of sp³-hybridized carbons (Fsp3) is 1.00. The summed E-state index contributed by atoms with van der Waals surface area (Å²) >= 11 is 0. The molecule has 0 heterocycles. The summed E-state index contributed by atoms with van der Waals surface area (Å²) < 4.78 is 60.9. The molecular weight excluding hydrogens is 271 g/mol. The molecule has 0 amide bonds. The number of hydrogen-bond donors (Lipinski definition) is 2. The van der Waals surface area contributed by atoms with Crippen LogP contribution in [0.15, 0.2) is 0 Å². The van der Waals surface area contributed by atoms with Crippen molar-refractivity contribution in [2.45, 2.75) is 32.5 Å². The van der Waals surface area contributed by atoms with E-state index in [4.69, 9.17) is 5.73 Å². The Morgan fingerprint density at radius 2 is 1.83 bits per heavy atom. The largest absolute Gasteiger partial charge is 0.402 e. The second kappa shape index (κ2) is 6.69. The normalized spacial score (nSPS) is 15.4. The van der Waals surface area contributed by atoms with Crippen LogP contribution in [0.2, 0.25) is 0 Å². The van der Waals surface area contributed by atoms with Crippen LogP contribution in [-0.4, -0.2) is 45.1 Å². The van der Waals surface area contributed by atoms with Crippen LogP contribution in [0.4, 0.5) is 13.2 Å². The zero-order valence-corrected chi connectivity index (χ0v) is 11.5. The summed E-state index contributed by atoms with van der Waals surface area (Å²) in [5, 5.41) is 0. The number of hydrogen-bond acceptors (Lipinski definition) is 3. The van der Waals surface area contributed by atoms with E-state index in [2.05, 4.69) is 0 Å². The molecule has 0 fully saturated rings. The number of nitrogens with two attached hydrogens (primary N) is 1. The Morgan fingerprint density at radius 3 is 2.22 bits per heavy atom. The van der Waals surface area contributed by atoms with Crippen molar-refractivity contribution in [2.75, 3.05) is 20.1 Å². The Balaban J connectivity index is 4.27. The number of halogens is 3. The van der Waals surface area contributed by atoms with E-state index in [0.717, 1.165) is 4.31 Å². The van der Waals surface area contributed by atoms with E-state index < -0.39 is 22.9 Å². The molecule has 0 bridgehead atoms. The van der Waals surface area contributed by atoms with E-state index in [-0.39, 0.29) is 18.5 Å². The summed E-state index contributed by atoms with van der Waals surface area (Å²) in [6.45, 7) is 2.28. The van der Waals surface area contributed by atoms with Gasteiger partial charge in [0, 0.05) is 19.6 Å². The summed E-state index contributed by atoms with van der Waals surface area (Å²) in [6.07, 6.45) is -4.18. The highest BCUT2D eigenvalue weighted by atomic mass is 32.2. The van der Waals surface area contributed by atoms with E-state index in [1.807, 2.05) is 13.8 Å². The molecule has 0 aromatic carbocycles. The topological polar surface area (TPSA) is 75.4 Å². The minimum Gasteiger partial charge on any atom is -0.327 e. The average molecular weight is 291 g/mol. The lowest BCUT2D eigenvalue weighted by molar-refractivity contribution is -0.121. The molecule has 0 rings (SSSR count). The predicted octanol–water partition coefficient (Wildman–Crippen LogP) is 0.688. The van der Waals surface area contributed by atoms with Gasteiger partial charge < -0.3 is 5.73 Å². The van der Waals surface area contributed by atoms with Gasteiger partial charge in [-0.2, -0.15) is 30.6 Å². The molecular formula is C9H20F3N3O2S. The highest BCUT2D eigenvalue weighted by Crippen LogP contribution is 2.13. The molecule has 9 heteroatoms. The summed E-state index contributed by atoms with van der Waals surface area (Å²) in [7, 11) is -2.89. The zero-order valence-electron chi connectivity index (χ0n) is 10.7. The first-order valence-corrected chi connectivity index (χ1v) is 6.93. The third-order valence-corrected chi connectivity index (χ3v) is 4.01. The van der Waals surface area contributed by atoms with Crippen molar-refractivity contribution in [1.82, 2.24) is 9.03 Å². The first kappa shape index (κ1) is 17.6. The summed E-state index contributed by atoms with van der Waals surface area (Å²) in [5.41, 5.74) is 5.73. The Bertz CT molecular complexity index is 343. The molecule has 0 aliphatic heterocycles. The molecule has 110 valence electrons. The van der Waals surface area contributed by atoms with Gasteiger partial charge in [-0.1, -0.05) is 13.8 Å². The maximum atomic E-state index is 11.9. The van der Waals surface area contributed by atoms with E-state index in [1.54, 1.807) is 0 Å². The first-order valence-electron chi connectivity index (χ1n) is 5.49. The summed E-state index contributed by atoms with van der Waals surface area (Å²) in [5.74, 6) is 0.184. The van der Waals surface area contributed by atoms with Crippen LogP contribution in [0.1, 0.15) is 20.3 Å². The van der Waals surface area contributed by atoms with Gasteiger partial charge in [-0.05, 0) is 12.3 Å². The van der Waals surface area contributed by atoms with E-state index in [9.17, 15) is 21.6 Å². The molecule has 0 aromatic heterocycles. The van der Waals surface area contributed by atoms with Gasteiger partial charge in [0.25, 0.3) is 10.2 Å². The number of nitrogens with one attached hydrogen (secondary N) is 1. The third kappa shape index (κ3) is 7.14. The molecule has 0 saturated heterocycles. The fourth-order valence-electron chi connectivity index (χ4n) is 1.07. The van der Waals surface area contributed by atoms with Gasteiger partial charge >= 0.3 is 6.18 Å². The molecule has 0 aliphatic carbocycles. The molecule has 18 heavy (non-hydrogen) atoms. The highest BCUT2D eigenvalue weighted by molar-refractivity contribution is 7.87. The molecule has 1 atom stereocenters. The predicted molar refractivity (Wildman–Crippen MR) is 63.0 cm³/mol. The van der Waals surface area contributed by atoms with Crippen LogP contribution < -0.4 is 10.5 Å². The lowest BCUT2D eigenvalue weighted by Crippen LogP contribution is -2.44. The standard InChI is InChI=1S/C9H20F3N3O2S/c1-7(2)8(13)4-5-15(3)18(16,17)14-6-9(10,11)12/h7-8,14H,4-6,13H2,1-3H3. The zero-order chi connectivity index (χ0) is 14.6. The van der Waals surface area contributed by atoms with Crippen LogP contribution in [0.3, 0.4) is 0 Å². The second-order valence-corrected chi connectivity index (χ2v) is 6.32. The van der Waals surface area contributed by atoms with Crippen molar-refractivity contribution in [3.8, 4) is 0 Å². The van der Waals surface area contributed by atoms with Crippen LogP contribution >= 0.6 is 0 Å². The number of nitrogens with zero attached hydrogens (tertiary/aromatic N) is 1. The Morgan fingerprint density at radius 1 is 1.33 bits per heavy atom. The SMILES string of the molecule is CC(C)C(N)CCN(C)S(=O)(=O)NCC(F)(F)F. The molecule has 0 spiro atoms. The fourth-order valence-corrected chi connectivity index (χ4v) is 1.98. The van der Waals surface area contributed by atoms with Crippen molar-refractivity contribution in [3.63, 3.8) is 0 Å². The molecule has 3 N–H and O–H groups in total. The van der Waals surface area contributed by atoms with Gasteiger partial charge in [0.2, 0.25) is 0 Å². The third-order valence-electron chi connectivity index (χ3n) is 2.50. The monoisotopic (exact) mass is 291 g/mol. The molecule has 0 radical (unpaired) electrons. The van der Waals surface area contributed by atoms with Crippen molar-refractivity contribution < 1.29 is 21.6 Å². The first-order chi connectivity index (χ1) is 7.96. The van der Waals surface area contributed by atoms with E-state index in [1.165, 1.54) is 11.8 Å². The van der Waals surface area contributed by atoms with Gasteiger partial charge in [-0.3, -0.25) is 0 Å². The molecule has 5 nitrogen and oxygen atoms in total. The average Bonchev–Trinajstić information content (AvgIpc) is 2.21. The molecule has 0 saturated carbocycles. The van der Waals surface area contributed by atoms with Crippen molar-refractivity contribution in [3.05, 3.63) is 0 Å². The van der Waals surface area contributed by atoms with Crippen LogP contribution in [0, 0.1) is 5.92 Å². The van der Waals surface area contributed by atoms with Gasteiger partial charge in [0.1, 0.15) is 6.54 Å². The van der Waals surface area contributed by atoms with Crippen molar-refractivity contribution in [2.24, 2.45) is 11.7 Å². The van der Waals surface area contributed by atoms with Gasteiger partial charge in [0.15, 0.2) is 0 Å². The summed E-state index contributed by atoms with van der Waals surface area (Å²) in [6, 6.07) is -0.190. The van der Waals surface area contributed by atoms with Crippen LogP contribution in [0.25, 0.3) is 0 Å². The number of alkyl halides is 3. The Kier molecular flexibility index (Phi) is 6.55. The lowest BCUT2D eigenvalue weighted by atomic mass is 10.0. The molecule has 0 aromatic rings. The minimum atomic E-state index is -4.57. The van der Waals surface area contributed by atoms with Crippen molar-refractivity contribution in [1.29, 1.82) is 0 Å². The Hall–Kier alpha value is -0.380.